The van der Waals surface area contributed by atoms with Crippen LogP contribution < -0.4 is 5.32 Å². The number of piperidine rings is 1. The zero-order valence-electron chi connectivity index (χ0n) is 15.0. The second-order valence-corrected chi connectivity index (χ2v) is 6.79. The van der Waals surface area contributed by atoms with Crippen molar-refractivity contribution in [2.24, 2.45) is 0 Å². The Kier molecular flexibility index (Phi) is 4.87. The van der Waals surface area contributed by atoms with Gasteiger partial charge in [0, 0.05) is 31.0 Å². The molecule has 1 saturated heterocycles. The van der Waals surface area contributed by atoms with Crippen molar-refractivity contribution in [2.45, 2.75) is 31.8 Å². The van der Waals surface area contributed by atoms with Crippen LogP contribution in [0.2, 0.25) is 0 Å². The molecule has 0 aliphatic carbocycles. The van der Waals surface area contributed by atoms with Crippen molar-refractivity contribution in [1.82, 2.24) is 19.8 Å². The predicted octanol–water partition coefficient (Wildman–Crippen LogP) is 2.65. The highest BCUT2D eigenvalue weighted by Gasteiger charge is 2.32. The standard InChI is InChI=1S/C21H22N4O2/c26-20(22-15-17-9-6-14-25-18(17)11-12-23-25)19-10-4-5-13-24(19)21(27)16-7-2-1-3-8-16/h1-3,6-9,11-12,14,19H,4-5,10,13,15H2,(H,22,26). The molecule has 0 saturated carbocycles. The number of nitrogens with one attached hydrogen (secondary N) is 1. The highest BCUT2D eigenvalue weighted by molar-refractivity contribution is 5.97. The van der Waals surface area contributed by atoms with E-state index in [1.165, 1.54) is 0 Å². The van der Waals surface area contributed by atoms with Gasteiger partial charge in [-0.1, -0.05) is 24.3 Å². The molecule has 0 bridgehead atoms. The zero-order chi connectivity index (χ0) is 18.6. The van der Waals surface area contributed by atoms with Crippen molar-refractivity contribution in [2.75, 3.05) is 6.54 Å². The van der Waals surface area contributed by atoms with Crippen molar-refractivity contribution < 1.29 is 9.59 Å². The Labute approximate surface area is 157 Å². The third kappa shape index (κ3) is 3.56. The molecule has 2 amide bonds. The normalized spacial score (nSPS) is 17.0. The number of rotatable bonds is 4. The molecule has 6 nitrogen and oxygen atoms in total. The summed E-state index contributed by atoms with van der Waals surface area (Å²) in [4.78, 5) is 27.4. The van der Waals surface area contributed by atoms with Gasteiger partial charge in [0.15, 0.2) is 0 Å². The number of aromatic nitrogens is 2. The molecule has 1 unspecified atom stereocenters. The van der Waals surface area contributed by atoms with Crippen LogP contribution in [-0.2, 0) is 11.3 Å². The van der Waals surface area contributed by atoms with E-state index in [9.17, 15) is 9.59 Å². The van der Waals surface area contributed by atoms with Crippen LogP contribution in [0.15, 0.2) is 60.9 Å². The first-order chi connectivity index (χ1) is 13.2. The van der Waals surface area contributed by atoms with Crippen LogP contribution in [0.25, 0.3) is 5.52 Å². The smallest absolute Gasteiger partial charge is 0.254 e. The number of benzene rings is 1. The topological polar surface area (TPSA) is 66.7 Å². The van der Waals surface area contributed by atoms with Crippen molar-refractivity contribution in [3.8, 4) is 0 Å². The van der Waals surface area contributed by atoms with Crippen molar-refractivity contribution in [1.29, 1.82) is 0 Å². The van der Waals surface area contributed by atoms with E-state index in [4.69, 9.17) is 0 Å². The minimum absolute atomic E-state index is 0.0756. The molecule has 1 atom stereocenters. The van der Waals surface area contributed by atoms with Gasteiger partial charge in [-0.05, 0) is 49.1 Å². The van der Waals surface area contributed by atoms with E-state index in [1.807, 2.05) is 42.6 Å². The first-order valence-electron chi connectivity index (χ1n) is 9.29. The SMILES string of the molecule is O=C(NCc1cccn2nccc12)C1CCCCN1C(=O)c1ccccc1. The molecule has 1 aliphatic heterocycles. The molecule has 1 aliphatic rings. The lowest BCUT2D eigenvalue weighted by Gasteiger charge is -2.34. The molecule has 3 aromatic rings. The molecule has 1 aromatic carbocycles. The van der Waals surface area contributed by atoms with Gasteiger partial charge in [0.25, 0.3) is 5.91 Å². The van der Waals surface area contributed by atoms with Gasteiger partial charge < -0.3 is 10.2 Å². The van der Waals surface area contributed by atoms with Gasteiger partial charge in [-0.2, -0.15) is 5.10 Å². The summed E-state index contributed by atoms with van der Waals surface area (Å²) in [7, 11) is 0. The van der Waals surface area contributed by atoms with Gasteiger partial charge in [-0.3, -0.25) is 9.59 Å². The lowest BCUT2D eigenvalue weighted by atomic mass is 10.00. The monoisotopic (exact) mass is 362 g/mol. The van der Waals surface area contributed by atoms with E-state index in [0.29, 0.717) is 25.1 Å². The van der Waals surface area contributed by atoms with Gasteiger partial charge in [0.2, 0.25) is 5.91 Å². The number of fused-ring (bicyclic) bond motifs is 1. The minimum atomic E-state index is -0.420. The average Bonchev–Trinajstić information content (AvgIpc) is 3.21. The summed E-state index contributed by atoms with van der Waals surface area (Å²) in [5, 5.41) is 7.23. The number of hydrogen-bond acceptors (Lipinski definition) is 3. The summed E-state index contributed by atoms with van der Waals surface area (Å²) in [5.41, 5.74) is 2.60. The second-order valence-electron chi connectivity index (χ2n) is 6.79. The van der Waals surface area contributed by atoms with Crippen LogP contribution in [0, 0.1) is 0 Å². The number of hydrogen-bond donors (Lipinski definition) is 1. The molecule has 4 rings (SSSR count). The summed E-state index contributed by atoms with van der Waals surface area (Å²) in [6.07, 6.45) is 6.19. The molecule has 1 fully saturated rings. The first kappa shape index (κ1) is 17.3. The molecule has 0 spiro atoms. The quantitative estimate of drug-likeness (QED) is 0.776. The van der Waals surface area contributed by atoms with Gasteiger partial charge in [-0.15, -0.1) is 0 Å². The Morgan fingerprint density at radius 1 is 1.07 bits per heavy atom. The highest BCUT2D eigenvalue weighted by Crippen LogP contribution is 2.20. The molecule has 138 valence electrons. The Hall–Kier alpha value is -3.15. The van der Waals surface area contributed by atoms with Crippen LogP contribution in [0.3, 0.4) is 0 Å². The van der Waals surface area contributed by atoms with E-state index >= 15 is 0 Å². The molecule has 6 heteroatoms. The molecular formula is C21H22N4O2. The maximum atomic E-state index is 12.9. The van der Waals surface area contributed by atoms with E-state index < -0.39 is 6.04 Å². The number of pyridine rings is 1. The zero-order valence-corrected chi connectivity index (χ0v) is 15.0. The fourth-order valence-electron chi connectivity index (χ4n) is 3.66. The molecule has 27 heavy (non-hydrogen) atoms. The third-order valence-electron chi connectivity index (χ3n) is 5.06. The summed E-state index contributed by atoms with van der Waals surface area (Å²) >= 11 is 0. The van der Waals surface area contributed by atoms with Gasteiger partial charge in [0.1, 0.15) is 6.04 Å². The maximum Gasteiger partial charge on any atom is 0.254 e. The summed E-state index contributed by atoms with van der Waals surface area (Å²) in [6, 6.07) is 14.6. The highest BCUT2D eigenvalue weighted by atomic mass is 16.2. The van der Waals surface area contributed by atoms with Gasteiger partial charge in [0.05, 0.1) is 5.52 Å². The fraction of sp³-hybridized carbons (Fsp3) is 0.286. The van der Waals surface area contributed by atoms with Crippen molar-refractivity contribution in [3.05, 3.63) is 72.1 Å². The summed E-state index contributed by atoms with van der Waals surface area (Å²) in [5.74, 6) is -0.172. The van der Waals surface area contributed by atoms with Crippen molar-refractivity contribution >= 4 is 17.3 Å². The van der Waals surface area contributed by atoms with Crippen LogP contribution in [0.1, 0.15) is 35.2 Å². The number of amides is 2. The van der Waals surface area contributed by atoms with Crippen LogP contribution in [0.5, 0.6) is 0 Å². The minimum Gasteiger partial charge on any atom is -0.350 e. The van der Waals surface area contributed by atoms with E-state index in [-0.39, 0.29) is 11.8 Å². The largest absolute Gasteiger partial charge is 0.350 e. The van der Waals surface area contributed by atoms with Crippen molar-refractivity contribution in [3.63, 3.8) is 0 Å². The third-order valence-corrected chi connectivity index (χ3v) is 5.06. The summed E-state index contributed by atoms with van der Waals surface area (Å²) in [6.45, 7) is 1.03. The number of carbonyl (C=O) groups is 2. The van der Waals surface area contributed by atoms with E-state index in [0.717, 1.165) is 23.9 Å². The predicted molar refractivity (Wildman–Crippen MR) is 102 cm³/mol. The Bertz CT molecular complexity index is 951. The lowest BCUT2D eigenvalue weighted by molar-refractivity contribution is -0.126. The van der Waals surface area contributed by atoms with Gasteiger partial charge >= 0.3 is 0 Å². The molecule has 0 radical (unpaired) electrons. The number of likely N-dealkylation sites (tertiary alicyclic amines) is 1. The Morgan fingerprint density at radius 3 is 2.78 bits per heavy atom. The average molecular weight is 362 g/mol. The molecule has 3 heterocycles. The molecule has 1 N–H and O–H groups in total. The van der Waals surface area contributed by atoms with Crippen LogP contribution in [0.4, 0.5) is 0 Å². The Morgan fingerprint density at radius 2 is 1.93 bits per heavy atom. The maximum absolute atomic E-state index is 12.9. The van der Waals surface area contributed by atoms with E-state index in [2.05, 4.69) is 10.4 Å². The summed E-state index contributed by atoms with van der Waals surface area (Å²) < 4.78 is 1.79. The number of carbonyl (C=O) groups excluding carboxylic acids is 2. The van der Waals surface area contributed by atoms with E-state index in [1.54, 1.807) is 27.7 Å². The van der Waals surface area contributed by atoms with Gasteiger partial charge in [-0.25, -0.2) is 4.52 Å². The second kappa shape index (κ2) is 7.61. The molecule has 2 aromatic heterocycles. The van der Waals surface area contributed by atoms with Crippen LogP contribution in [-0.4, -0.2) is 38.9 Å². The molecular weight excluding hydrogens is 340 g/mol. The van der Waals surface area contributed by atoms with Crippen LogP contribution >= 0.6 is 0 Å². The first-order valence-corrected chi connectivity index (χ1v) is 9.29. The number of nitrogens with zero attached hydrogens (tertiary/aromatic N) is 3. The fourth-order valence-corrected chi connectivity index (χ4v) is 3.66. The lowest BCUT2D eigenvalue weighted by Crippen LogP contribution is -2.51. The Balaban J connectivity index is 1.47.